The Morgan fingerprint density at radius 3 is 2.42 bits per heavy atom. The van der Waals surface area contributed by atoms with Crippen molar-refractivity contribution >= 4 is 43.2 Å². The number of sulfonamides is 1. The normalized spacial score (nSPS) is 16.3. The van der Waals surface area contributed by atoms with Crippen LogP contribution in [0.15, 0.2) is 51.1 Å². The molecule has 1 aliphatic rings. The Morgan fingerprint density at radius 1 is 1.17 bits per heavy atom. The maximum atomic E-state index is 12.5. The highest BCUT2D eigenvalue weighted by molar-refractivity contribution is 9.10. The molecule has 3 rings (SSSR count). The molecule has 2 heterocycles. The Hall–Kier alpha value is -1.22. The first kappa shape index (κ1) is 17.6. The van der Waals surface area contributed by atoms with Gasteiger partial charge in [-0.05, 0) is 52.4 Å². The quantitative estimate of drug-likeness (QED) is 0.813. The number of carbonyl (C=O) groups is 1. The highest BCUT2D eigenvalue weighted by Gasteiger charge is 2.28. The molecule has 1 aliphatic heterocycles. The summed E-state index contributed by atoms with van der Waals surface area (Å²) in [4.78, 5) is 15.2. The van der Waals surface area contributed by atoms with Gasteiger partial charge in [-0.25, -0.2) is 13.1 Å². The van der Waals surface area contributed by atoms with Crippen LogP contribution in [-0.2, 0) is 10.0 Å². The smallest absolute Gasteiger partial charge is 0.265 e. The minimum absolute atomic E-state index is 0.00115. The average molecular weight is 429 g/mol. The Balaban J connectivity index is 1.60. The van der Waals surface area contributed by atoms with Gasteiger partial charge in [0.2, 0.25) is 10.0 Å². The second-order valence-corrected chi connectivity index (χ2v) is 9.08. The topological polar surface area (TPSA) is 66.5 Å². The van der Waals surface area contributed by atoms with Gasteiger partial charge in [-0.1, -0.05) is 18.2 Å². The molecule has 1 N–H and O–H groups in total. The number of rotatable bonds is 4. The Kier molecular flexibility index (Phi) is 5.39. The largest absolute Gasteiger partial charge is 0.338 e. The van der Waals surface area contributed by atoms with Gasteiger partial charge in [-0.3, -0.25) is 4.79 Å². The SMILES string of the molecule is O=C(c1sccc1Br)N1CCC(NS(=O)(=O)c2ccccc2)CC1. The van der Waals surface area contributed by atoms with Crippen LogP contribution in [0.4, 0.5) is 0 Å². The molecule has 24 heavy (non-hydrogen) atoms. The van der Waals surface area contributed by atoms with E-state index >= 15 is 0 Å². The number of carbonyl (C=O) groups excluding carboxylic acids is 1. The predicted molar refractivity (Wildman–Crippen MR) is 97.7 cm³/mol. The molecule has 0 bridgehead atoms. The molecule has 0 radical (unpaired) electrons. The lowest BCUT2D eigenvalue weighted by molar-refractivity contribution is 0.0715. The van der Waals surface area contributed by atoms with E-state index in [9.17, 15) is 13.2 Å². The number of thiophene rings is 1. The van der Waals surface area contributed by atoms with Crippen molar-refractivity contribution in [3.63, 3.8) is 0 Å². The fourth-order valence-corrected chi connectivity index (χ4v) is 5.51. The van der Waals surface area contributed by atoms with Gasteiger partial charge in [0.25, 0.3) is 5.91 Å². The highest BCUT2D eigenvalue weighted by Crippen LogP contribution is 2.25. The molecule has 128 valence electrons. The third-order valence-electron chi connectivity index (χ3n) is 3.97. The van der Waals surface area contributed by atoms with Crippen molar-refractivity contribution in [2.75, 3.05) is 13.1 Å². The van der Waals surface area contributed by atoms with Gasteiger partial charge in [0.1, 0.15) is 4.88 Å². The van der Waals surface area contributed by atoms with Gasteiger partial charge < -0.3 is 4.90 Å². The van der Waals surface area contributed by atoms with Crippen LogP contribution in [0.5, 0.6) is 0 Å². The lowest BCUT2D eigenvalue weighted by atomic mass is 10.1. The summed E-state index contributed by atoms with van der Waals surface area (Å²) in [7, 11) is -3.51. The molecule has 2 aromatic rings. The Bertz CT molecular complexity index is 813. The van der Waals surface area contributed by atoms with Gasteiger partial charge in [-0.15, -0.1) is 11.3 Å². The first-order valence-electron chi connectivity index (χ1n) is 7.57. The predicted octanol–water partition coefficient (Wildman–Crippen LogP) is 3.09. The number of nitrogens with one attached hydrogen (secondary N) is 1. The van der Waals surface area contributed by atoms with Gasteiger partial charge in [0, 0.05) is 23.6 Å². The second kappa shape index (κ2) is 7.35. The lowest BCUT2D eigenvalue weighted by Gasteiger charge is -2.32. The Labute approximate surface area is 153 Å². The van der Waals surface area contributed by atoms with E-state index in [-0.39, 0.29) is 16.8 Å². The maximum Gasteiger partial charge on any atom is 0.265 e. The molecular formula is C16H17BrN2O3S2. The zero-order chi connectivity index (χ0) is 17.2. The summed E-state index contributed by atoms with van der Waals surface area (Å²) in [6.45, 7) is 1.09. The number of likely N-dealkylation sites (tertiary alicyclic amines) is 1. The van der Waals surface area contributed by atoms with E-state index in [1.165, 1.54) is 11.3 Å². The minimum atomic E-state index is -3.51. The monoisotopic (exact) mass is 428 g/mol. The van der Waals surface area contributed by atoms with E-state index in [0.29, 0.717) is 30.8 Å². The highest BCUT2D eigenvalue weighted by atomic mass is 79.9. The summed E-state index contributed by atoms with van der Waals surface area (Å²) in [5.41, 5.74) is 0. The summed E-state index contributed by atoms with van der Waals surface area (Å²) in [5, 5.41) is 1.87. The molecule has 1 fully saturated rings. The van der Waals surface area contributed by atoms with Crippen molar-refractivity contribution in [3.05, 3.63) is 51.1 Å². The summed E-state index contributed by atoms with van der Waals surface area (Å²) in [6.07, 6.45) is 1.22. The van der Waals surface area contributed by atoms with Gasteiger partial charge in [0.05, 0.1) is 4.90 Å². The number of halogens is 1. The zero-order valence-electron chi connectivity index (χ0n) is 12.8. The van der Waals surface area contributed by atoms with Crippen LogP contribution < -0.4 is 4.72 Å². The van der Waals surface area contributed by atoms with Crippen molar-refractivity contribution in [1.29, 1.82) is 0 Å². The van der Waals surface area contributed by atoms with Crippen LogP contribution in [0.1, 0.15) is 22.5 Å². The van der Waals surface area contributed by atoms with Crippen molar-refractivity contribution in [1.82, 2.24) is 9.62 Å². The summed E-state index contributed by atoms with van der Waals surface area (Å²) < 4.78 is 28.3. The molecule has 1 saturated heterocycles. The molecular weight excluding hydrogens is 412 g/mol. The number of benzene rings is 1. The summed E-state index contributed by atoms with van der Waals surface area (Å²) in [6, 6.07) is 10.1. The number of hydrogen-bond donors (Lipinski definition) is 1. The first-order chi connectivity index (χ1) is 11.5. The maximum absolute atomic E-state index is 12.5. The van der Waals surface area contributed by atoms with Crippen LogP contribution in [0, 0.1) is 0 Å². The number of amides is 1. The van der Waals surface area contributed by atoms with E-state index in [1.54, 1.807) is 35.2 Å². The van der Waals surface area contributed by atoms with Gasteiger partial charge in [-0.2, -0.15) is 0 Å². The van der Waals surface area contributed by atoms with E-state index in [1.807, 2.05) is 11.4 Å². The van der Waals surface area contributed by atoms with Crippen LogP contribution in [0.3, 0.4) is 0 Å². The molecule has 5 nitrogen and oxygen atoms in total. The third-order valence-corrected chi connectivity index (χ3v) is 7.33. The Morgan fingerprint density at radius 2 is 1.83 bits per heavy atom. The van der Waals surface area contributed by atoms with Gasteiger partial charge >= 0.3 is 0 Å². The number of nitrogens with zero attached hydrogens (tertiary/aromatic N) is 1. The van der Waals surface area contributed by atoms with Crippen LogP contribution >= 0.6 is 27.3 Å². The van der Waals surface area contributed by atoms with E-state index in [0.717, 1.165) is 4.47 Å². The fraction of sp³-hybridized carbons (Fsp3) is 0.312. The number of piperidine rings is 1. The molecule has 0 atom stereocenters. The molecule has 0 unspecified atom stereocenters. The van der Waals surface area contributed by atoms with E-state index in [2.05, 4.69) is 20.7 Å². The zero-order valence-corrected chi connectivity index (χ0v) is 16.0. The fourth-order valence-electron chi connectivity index (χ4n) is 2.68. The first-order valence-corrected chi connectivity index (χ1v) is 10.7. The lowest BCUT2D eigenvalue weighted by Crippen LogP contribution is -2.46. The van der Waals surface area contributed by atoms with Gasteiger partial charge in [0.15, 0.2) is 0 Å². The molecule has 1 amide bonds. The average Bonchev–Trinajstić information content (AvgIpc) is 3.01. The second-order valence-electron chi connectivity index (χ2n) is 5.60. The van der Waals surface area contributed by atoms with Crippen molar-refractivity contribution in [2.24, 2.45) is 0 Å². The van der Waals surface area contributed by atoms with Crippen LogP contribution in [0.25, 0.3) is 0 Å². The van der Waals surface area contributed by atoms with E-state index < -0.39 is 10.0 Å². The van der Waals surface area contributed by atoms with E-state index in [4.69, 9.17) is 0 Å². The molecule has 0 aliphatic carbocycles. The summed E-state index contributed by atoms with van der Waals surface area (Å²) >= 11 is 4.79. The molecule has 0 spiro atoms. The van der Waals surface area contributed by atoms with Crippen molar-refractivity contribution < 1.29 is 13.2 Å². The van der Waals surface area contributed by atoms with Crippen LogP contribution in [-0.4, -0.2) is 38.4 Å². The molecule has 1 aromatic heterocycles. The molecule has 8 heteroatoms. The summed E-state index contributed by atoms with van der Waals surface area (Å²) in [5.74, 6) is 0.00115. The molecule has 0 saturated carbocycles. The van der Waals surface area contributed by atoms with Crippen molar-refractivity contribution in [3.8, 4) is 0 Å². The van der Waals surface area contributed by atoms with Crippen LogP contribution in [0.2, 0.25) is 0 Å². The third kappa shape index (κ3) is 3.88. The minimum Gasteiger partial charge on any atom is -0.338 e. The number of hydrogen-bond acceptors (Lipinski definition) is 4. The van der Waals surface area contributed by atoms with Crippen molar-refractivity contribution in [2.45, 2.75) is 23.8 Å². The molecule has 1 aromatic carbocycles. The standard InChI is InChI=1S/C16H17BrN2O3S2/c17-14-8-11-23-15(14)16(20)19-9-6-12(7-10-19)18-24(21,22)13-4-2-1-3-5-13/h1-5,8,11-12,18H,6-7,9-10H2.